The molecule has 0 aliphatic carbocycles. The average Bonchev–Trinajstić information content (AvgIpc) is 2.90. The van der Waals surface area contributed by atoms with Crippen molar-refractivity contribution in [3.63, 3.8) is 0 Å². The van der Waals surface area contributed by atoms with Crippen LogP contribution in [0.4, 0.5) is 0 Å². The maximum Gasteiger partial charge on any atom is 1.00 e. The minimum Gasteiger partial charge on any atom is -0.726 e. The van der Waals surface area contributed by atoms with Gasteiger partial charge in [-0.1, -0.05) is 43.7 Å². The van der Waals surface area contributed by atoms with Crippen molar-refractivity contribution in [1.29, 1.82) is 0 Å². The molecule has 5 N–H and O–H groups in total. The Labute approximate surface area is 251 Å². The van der Waals surface area contributed by atoms with E-state index in [0.717, 1.165) is 12.0 Å². The smallest absolute Gasteiger partial charge is 0.726 e. The van der Waals surface area contributed by atoms with Crippen LogP contribution in [0.3, 0.4) is 0 Å². The zero-order chi connectivity index (χ0) is 28.2. The molecule has 0 spiro atoms. The van der Waals surface area contributed by atoms with Crippen molar-refractivity contribution in [2.45, 2.75) is 63.3 Å². The fourth-order valence-corrected chi connectivity index (χ4v) is 4.16. The van der Waals surface area contributed by atoms with E-state index in [9.17, 15) is 38.2 Å². The largest absolute Gasteiger partial charge is 1.00 e. The maximum absolute atomic E-state index is 12.4. The molecule has 13 nitrogen and oxygen atoms in total. The van der Waals surface area contributed by atoms with Crippen molar-refractivity contribution in [1.82, 2.24) is 5.32 Å². The molecule has 1 fully saturated rings. The average molecular weight is 588 g/mol. The van der Waals surface area contributed by atoms with Crippen molar-refractivity contribution >= 4 is 16.3 Å². The normalized spacial score (nSPS) is 23.7. The van der Waals surface area contributed by atoms with Gasteiger partial charge < -0.3 is 44.5 Å². The fraction of sp³-hybridized carbons (Fsp3) is 0.708. The van der Waals surface area contributed by atoms with Crippen molar-refractivity contribution in [2.75, 3.05) is 39.6 Å². The number of aliphatic hydroxyl groups excluding tert-OH is 4. The number of amides is 1. The van der Waals surface area contributed by atoms with Gasteiger partial charge in [-0.2, -0.15) is 0 Å². The topological polar surface area (TPSA) is 204 Å². The van der Waals surface area contributed by atoms with Crippen molar-refractivity contribution in [3.8, 4) is 0 Å². The molecule has 1 heterocycles. The predicted octanol–water partition coefficient (Wildman–Crippen LogP) is -4.16. The molecule has 0 unspecified atom stereocenters. The molecular formula is C24H38NNaO12S. The van der Waals surface area contributed by atoms with Crippen LogP contribution >= 0.6 is 0 Å². The standard InChI is InChI=1S/C24H39NO12S.Na/c1-2-3-9-19(28)25-20-22(30)21(29)18(37-23(20)35-11-10-17-7-5-4-6-8-17)12-34-15-24(13-26,14-27)16-36-38(31,32)33;/h4-8,18,20-23,26-27,29-30H,2-3,9-16H2,1H3,(H,25,28)(H,31,32,33);/q;+1/p-1/t18-,20-,21-,22-,23+;/m1./s1. The molecule has 5 atom stereocenters. The Bertz CT molecular complexity index is 934. The van der Waals surface area contributed by atoms with Crippen LogP contribution in [-0.2, 0) is 40.0 Å². The van der Waals surface area contributed by atoms with Crippen LogP contribution in [0, 0.1) is 5.41 Å². The van der Waals surface area contributed by atoms with E-state index in [0.29, 0.717) is 12.8 Å². The summed E-state index contributed by atoms with van der Waals surface area (Å²) in [6.45, 7) is -1.08. The van der Waals surface area contributed by atoms with E-state index in [4.69, 9.17) is 14.2 Å². The van der Waals surface area contributed by atoms with Crippen LogP contribution in [0.2, 0.25) is 0 Å². The Hall–Kier alpha value is -0.720. The second-order valence-electron chi connectivity index (χ2n) is 9.33. The molecule has 1 aromatic carbocycles. The SMILES string of the molecule is CCCCC(=O)N[C@H]1[C@@H](OCCc2ccccc2)O[C@H](COCC(CO)(CO)COS(=O)(=O)[O-])[C@@H](O)[C@@H]1O.[Na+]. The van der Waals surface area contributed by atoms with Crippen molar-refractivity contribution in [2.24, 2.45) is 5.41 Å². The number of hydrogen-bond acceptors (Lipinski definition) is 12. The quantitative estimate of drug-likeness (QED) is 0.0669. The first-order valence-corrected chi connectivity index (χ1v) is 13.7. The van der Waals surface area contributed by atoms with E-state index < -0.39 is 72.9 Å². The number of nitrogens with one attached hydrogen (secondary N) is 1. The van der Waals surface area contributed by atoms with Crippen LogP contribution in [0.15, 0.2) is 30.3 Å². The van der Waals surface area contributed by atoms with E-state index in [1.807, 2.05) is 37.3 Å². The van der Waals surface area contributed by atoms with Crippen molar-refractivity contribution < 1.29 is 86.1 Å². The molecule has 1 aliphatic rings. The predicted molar refractivity (Wildman–Crippen MR) is 131 cm³/mol. The molecule has 1 saturated heterocycles. The molecule has 0 saturated carbocycles. The van der Waals surface area contributed by atoms with Gasteiger partial charge in [0.2, 0.25) is 16.3 Å². The van der Waals surface area contributed by atoms with Crippen LogP contribution in [0.25, 0.3) is 0 Å². The van der Waals surface area contributed by atoms with Gasteiger partial charge in [0.05, 0.1) is 45.1 Å². The first-order valence-electron chi connectivity index (χ1n) is 12.4. The molecular weight excluding hydrogens is 549 g/mol. The summed E-state index contributed by atoms with van der Waals surface area (Å²) in [6, 6.07) is 8.42. The zero-order valence-electron chi connectivity index (χ0n) is 22.3. The Kier molecular flexibility index (Phi) is 16.7. The molecule has 2 rings (SSSR count). The number of aliphatic hydroxyl groups is 4. The summed E-state index contributed by atoms with van der Waals surface area (Å²) in [5.41, 5.74) is -0.629. The van der Waals surface area contributed by atoms with Gasteiger partial charge in [-0.15, -0.1) is 0 Å². The van der Waals surface area contributed by atoms with Gasteiger partial charge in [0.1, 0.15) is 24.4 Å². The number of hydrogen-bond donors (Lipinski definition) is 5. The molecule has 1 aliphatic heterocycles. The molecule has 1 aromatic rings. The van der Waals surface area contributed by atoms with Crippen LogP contribution in [0.5, 0.6) is 0 Å². The Morgan fingerprint density at radius 1 is 1.13 bits per heavy atom. The third-order valence-electron chi connectivity index (χ3n) is 6.17. The molecule has 0 bridgehead atoms. The summed E-state index contributed by atoms with van der Waals surface area (Å²) in [6.07, 6.45) is -3.07. The number of rotatable bonds is 17. The number of carbonyl (C=O) groups is 1. The van der Waals surface area contributed by atoms with Gasteiger partial charge in [-0.3, -0.25) is 8.98 Å². The van der Waals surface area contributed by atoms with Gasteiger partial charge in [0.15, 0.2) is 6.29 Å². The third kappa shape index (κ3) is 12.4. The second kappa shape index (κ2) is 18.0. The van der Waals surface area contributed by atoms with Gasteiger partial charge >= 0.3 is 29.6 Å². The number of carbonyl (C=O) groups excluding carboxylic acids is 1. The molecule has 0 radical (unpaired) electrons. The van der Waals surface area contributed by atoms with E-state index in [2.05, 4.69) is 9.50 Å². The molecule has 0 aromatic heterocycles. The Morgan fingerprint density at radius 3 is 2.38 bits per heavy atom. The number of ether oxygens (including phenoxy) is 3. The second-order valence-corrected chi connectivity index (χ2v) is 10.4. The summed E-state index contributed by atoms with van der Waals surface area (Å²) in [5.74, 6) is -0.331. The van der Waals surface area contributed by atoms with Gasteiger partial charge in [-0.25, -0.2) is 8.42 Å². The first-order chi connectivity index (χ1) is 18.0. The van der Waals surface area contributed by atoms with E-state index in [1.165, 1.54) is 0 Å². The first kappa shape index (κ1) is 36.3. The molecule has 39 heavy (non-hydrogen) atoms. The van der Waals surface area contributed by atoms with Crippen molar-refractivity contribution in [3.05, 3.63) is 35.9 Å². The summed E-state index contributed by atoms with van der Waals surface area (Å²) in [4.78, 5) is 12.4. The van der Waals surface area contributed by atoms with Crippen LogP contribution in [0.1, 0.15) is 31.7 Å². The zero-order valence-corrected chi connectivity index (χ0v) is 25.1. The number of unbranched alkanes of at least 4 members (excludes halogenated alkanes) is 1. The number of benzene rings is 1. The maximum atomic E-state index is 12.4. The van der Waals surface area contributed by atoms with Gasteiger partial charge in [0, 0.05) is 6.42 Å². The summed E-state index contributed by atoms with van der Waals surface area (Å²) < 4.78 is 53.7. The van der Waals surface area contributed by atoms with Gasteiger partial charge in [-0.05, 0) is 18.4 Å². The molecule has 218 valence electrons. The summed E-state index contributed by atoms with van der Waals surface area (Å²) in [7, 11) is -5.07. The Morgan fingerprint density at radius 2 is 1.79 bits per heavy atom. The molecule has 15 heteroatoms. The van der Waals surface area contributed by atoms with Crippen LogP contribution < -0.4 is 34.9 Å². The molecule has 1 amide bonds. The van der Waals surface area contributed by atoms with Crippen LogP contribution in [-0.4, -0.2) is 110 Å². The third-order valence-corrected chi connectivity index (χ3v) is 6.58. The Balaban J connectivity index is 0.00000760. The fourth-order valence-electron chi connectivity index (χ4n) is 3.76. The minimum atomic E-state index is -5.07. The van der Waals surface area contributed by atoms with Gasteiger partial charge in [0.25, 0.3) is 0 Å². The van der Waals surface area contributed by atoms with E-state index in [-0.39, 0.29) is 55.1 Å². The monoisotopic (exact) mass is 587 g/mol. The van der Waals surface area contributed by atoms with E-state index in [1.54, 1.807) is 0 Å². The minimum absolute atomic E-state index is 0. The summed E-state index contributed by atoms with van der Waals surface area (Å²) >= 11 is 0. The van der Waals surface area contributed by atoms with E-state index >= 15 is 0 Å². The summed E-state index contributed by atoms with van der Waals surface area (Å²) in [5, 5.41) is 43.4.